The Balaban J connectivity index is 1.40. The number of nitrogens with zero attached hydrogens (tertiary/aromatic N) is 1. The van der Waals surface area contributed by atoms with Crippen LogP contribution in [0.25, 0.3) is 0 Å². The maximum absolute atomic E-state index is 13.2. The van der Waals surface area contributed by atoms with Crippen LogP contribution in [0.4, 0.5) is 5.69 Å². The molecule has 3 aromatic carbocycles. The van der Waals surface area contributed by atoms with Crippen LogP contribution in [0.5, 0.6) is 23.0 Å². The standard InChI is InChI=1S/C27H20N2O6/c28-10-14-2-1-3-16(6-14)29-26-18-9-23-22(34-13-35-23)8-17(18)24(25-19(26)11-31-27(25)30)15-4-5-20-21(7-15)33-12-32-20/h1-9,19,24-26,29H,11-13H2/t19-,24-,25-,26+/m0/s1. The molecular weight excluding hydrogens is 448 g/mol. The summed E-state index contributed by atoms with van der Waals surface area (Å²) in [5.41, 5.74) is 4.30. The number of hydrogen-bond donors (Lipinski definition) is 1. The lowest BCUT2D eigenvalue weighted by Crippen LogP contribution is -2.37. The van der Waals surface area contributed by atoms with Crippen LogP contribution in [0.2, 0.25) is 0 Å². The van der Waals surface area contributed by atoms with Gasteiger partial charge in [-0.2, -0.15) is 5.26 Å². The van der Waals surface area contributed by atoms with Gasteiger partial charge < -0.3 is 29.0 Å². The molecule has 3 heterocycles. The first-order valence-corrected chi connectivity index (χ1v) is 11.5. The van der Waals surface area contributed by atoms with Crippen LogP contribution >= 0.6 is 0 Å². The summed E-state index contributed by atoms with van der Waals surface area (Å²) in [5, 5.41) is 12.9. The number of fused-ring (bicyclic) bond motifs is 4. The third-order valence-electron chi connectivity index (χ3n) is 7.26. The average Bonchev–Trinajstić information content (AvgIpc) is 3.63. The number of hydrogen-bond acceptors (Lipinski definition) is 8. The third kappa shape index (κ3) is 3.08. The summed E-state index contributed by atoms with van der Waals surface area (Å²) in [7, 11) is 0. The fourth-order valence-electron chi connectivity index (χ4n) is 5.71. The Bertz CT molecular complexity index is 1410. The number of ether oxygens (including phenoxy) is 5. The van der Waals surface area contributed by atoms with Crippen molar-refractivity contribution in [2.24, 2.45) is 11.8 Å². The lowest BCUT2D eigenvalue weighted by molar-refractivity contribution is -0.141. The first kappa shape index (κ1) is 20.0. The minimum atomic E-state index is -0.403. The lowest BCUT2D eigenvalue weighted by Gasteiger charge is -2.40. The molecule has 7 rings (SSSR count). The van der Waals surface area contributed by atoms with Crippen LogP contribution in [0.1, 0.15) is 34.2 Å². The van der Waals surface area contributed by atoms with Crippen molar-refractivity contribution in [2.75, 3.05) is 25.5 Å². The third-order valence-corrected chi connectivity index (χ3v) is 7.26. The zero-order chi connectivity index (χ0) is 23.5. The Kier molecular flexibility index (Phi) is 4.33. The van der Waals surface area contributed by atoms with Gasteiger partial charge in [0.25, 0.3) is 0 Å². The molecule has 0 radical (unpaired) electrons. The van der Waals surface area contributed by atoms with Gasteiger partial charge in [0.2, 0.25) is 13.6 Å². The molecule has 35 heavy (non-hydrogen) atoms. The normalized spacial score (nSPS) is 24.8. The first-order chi connectivity index (χ1) is 17.2. The molecule has 3 aromatic rings. The highest BCUT2D eigenvalue weighted by Gasteiger charge is 2.52. The van der Waals surface area contributed by atoms with E-state index in [1.165, 1.54) is 0 Å². The zero-order valence-electron chi connectivity index (χ0n) is 18.5. The number of esters is 1. The van der Waals surface area contributed by atoms with Crippen LogP contribution < -0.4 is 24.3 Å². The molecule has 1 N–H and O–H groups in total. The van der Waals surface area contributed by atoms with Gasteiger partial charge in [-0.25, -0.2) is 0 Å². The molecule has 174 valence electrons. The van der Waals surface area contributed by atoms with Crippen LogP contribution in [0, 0.1) is 23.2 Å². The molecule has 8 heteroatoms. The molecule has 4 atom stereocenters. The van der Waals surface area contributed by atoms with Crippen LogP contribution in [-0.2, 0) is 9.53 Å². The summed E-state index contributed by atoms with van der Waals surface area (Å²) in [5.74, 6) is 1.69. The molecular formula is C27H20N2O6. The zero-order valence-corrected chi connectivity index (χ0v) is 18.5. The minimum absolute atomic E-state index is 0.128. The van der Waals surface area contributed by atoms with Gasteiger partial charge in [0.1, 0.15) is 0 Å². The molecule has 0 amide bonds. The van der Waals surface area contributed by atoms with Crippen LogP contribution in [0.3, 0.4) is 0 Å². The fraction of sp³-hybridized carbons (Fsp3) is 0.259. The number of carbonyl (C=O) groups excluding carboxylic acids is 1. The number of benzene rings is 3. The Labute approximate surface area is 200 Å². The van der Waals surface area contributed by atoms with Gasteiger partial charge in [0, 0.05) is 17.5 Å². The highest BCUT2D eigenvalue weighted by atomic mass is 16.7. The average molecular weight is 468 g/mol. The van der Waals surface area contributed by atoms with E-state index in [9.17, 15) is 10.1 Å². The predicted octanol–water partition coefficient (Wildman–Crippen LogP) is 4.10. The summed E-state index contributed by atoms with van der Waals surface area (Å²) in [6, 6.07) is 19.1. The molecule has 4 aliphatic rings. The molecule has 0 unspecified atom stereocenters. The van der Waals surface area contributed by atoms with Crippen molar-refractivity contribution in [2.45, 2.75) is 12.0 Å². The van der Waals surface area contributed by atoms with E-state index in [4.69, 9.17) is 23.7 Å². The Hall–Kier alpha value is -4.38. The van der Waals surface area contributed by atoms with E-state index in [2.05, 4.69) is 11.4 Å². The van der Waals surface area contributed by atoms with E-state index >= 15 is 0 Å². The molecule has 1 fully saturated rings. The molecule has 0 spiro atoms. The highest BCUT2D eigenvalue weighted by Crippen LogP contribution is 2.55. The number of anilines is 1. The van der Waals surface area contributed by atoms with Crippen molar-refractivity contribution in [1.29, 1.82) is 5.26 Å². The predicted molar refractivity (Wildman–Crippen MR) is 122 cm³/mol. The molecule has 0 bridgehead atoms. The second-order valence-electron chi connectivity index (χ2n) is 9.06. The Morgan fingerprint density at radius 2 is 1.57 bits per heavy atom. The van der Waals surface area contributed by atoms with E-state index in [1.54, 1.807) is 6.07 Å². The second-order valence-corrected chi connectivity index (χ2v) is 9.06. The van der Waals surface area contributed by atoms with Gasteiger partial charge in [0.15, 0.2) is 23.0 Å². The number of cyclic esters (lactones) is 1. The SMILES string of the molecule is N#Cc1cccc(N[C@@H]2c3cc4c(cc3[C@H](c3ccc5c(c3)OCO5)[C@H]3C(=O)OC[C@@H]32)OCO4)c1. The summed E-state index contributed by atoms with van der Waals surface area (Å²) in [4.78, 5) is 13.2. The van der Waals surface area contributed by atoms with Crippen molar-refractivity contribution in [3.05, 3.63) is 76.9 Å². The summed E-state index contributed by atoms with van der Waals surface area (Å²) >= 11 is 0. The quantitative estimate of drug-likeness (QED) is 0.574. The summed E-state index contributed by atoms with van der Waals surface area (Å²) < 4.78 is 28.2. The molecule has 0 aromatic heterocycles. The Morgan fingerprint density at radius 3 is 2.37 bits per heavy atom. The van der Waals surface area contributed by atoms with E-state index in [0.717, 1.165) is 22.4 Å². The van der Waals surface area contributed by atoms with Crippen molar-refractivity contribution in [3.8, 4) is 29.1 Å². The first-order valence-electron chi connectivity index (χ1n) is 11.5. The lowest BCUT2D eigenvalue weighted by atomic mass is 9.65. The Morgan fingerprint density at radius 1 is 0.829 bits per heavy atom. The maximum Gasteiger partial charge on any atom is 0.310 e. The topological polar surface area (TPSA) is 99.0 Å². The van der Waals surface area contributed by atoms with Crippen LogP contribution in [-0.4, -0.2) is 26.2 Å². The molecule has 3 aliphatic heterocycles. The summed E-state index contributed by atoms with van der Waals surface area (Å²) in [6.45, 7) is 0.638. The van der Waals surface area contributed by atoms with Crippen LogP contribution in [0.15, 0.2) is 54.6 Å². The van der Waals surface area contributed by atoms with Gasteiger partial charge in [-0.3, -0.25) is 4.79 Å². The van der Waals surface area contributed by atoms with Gasteiger partial charge in [0.05, 0.1) is 30.2 Å². The van der Waals surface area contributed by atoms with Crippen molar-refractivity contribution in [3.63, 3.8) is 0 Å². The van der Waals surface area contributed by atoms with Crippen molar-refractivity contribution < 1.29 is 28.5 Å². The summed E-state index contributed by atoms with van der Waals surface area (Å²) in [6.07, 6.45) is 0. The monoisotopic (exact) mass is 468 g/mol. The van der Waals surface area contributed by atoms with Crippen molar-refractivity contribution >= 4 is 11.7 Å². The molecule has 0 saturated carbocycles. The van der Waals surface area contributed by atoms with Crippen molar-refractivity contribution in [1.82, 2.24) is 0 Å². The maximum atomic E-state index is 13.2. The fourth-order valence-corrected chi connectivity index (χ4v) is 5.71. The second kappa shape index (κ2) is 7.57. The van der Waals surface area contributed by atoms with Gasteiger partial charge in [-0.05, 0) is 59.2 Å². The minimum Gasteiger partial charge on any atom is -0.465 e. The van der Waals surface area contributed by atoms with E-state index in [0.29, 0.717) is 35.2 Å². The molecule has 1 saturated heterocycles. The number of nitriles is 1. The highest BCUT2D eigenvalue weighted by molar-refractivity contribution is 5.79. The van der Waals surface area contributed by atoms with Gasteiger partial charge in [-0.1, -0.05) is 12.1 Å². The van der Waals surface area contributed by atoms with Gasteiger partial charge >= 0.3 is 5.97 Å². The van der Waals surface area contributed by atoms with E-state index in [1.807, 2.05) is 48.5 Å². The number of nitrogens with one attached hydrogen (secondary N) is 1. The smallest absolute Gasteiger partial charge is 0.310 e. The molecule has 8 nitrogen and oxygen atoms in total. The van der Waals surface area contributed by atoms with E-state index in [-0.39, 0.29) is 37.4 Å². The number of carbonyl (C=O) groups is 1. The molecule has 1 aliphatic carbocycles. The van der Waals surface area contributed by atoms with Gasteiger partial charge in [-0.15, -0.1) is 0 Å². The largest absolute Gasteiger partial charge is 0.465 e. The number of rotatable bonds is 3. The van der Waals surface area contributed by atoms with E-state index < -0.39 is 5.92 Å².